The summed E-state index contributed by atoms with van der Waals surface area (Å²) in [5, 5.41) is 4.88. The summed E-state index contributed by atoms with van der Waals surface area (Å²) in [4.78, 5) is 0. The fraction of sp³-hybridized carbons (Fsp3) is 0.538. The fourth-order valence-electron chi connectivity index (χ4n) is 1.85. The van der Waals surface area contributed by atoms with Crippen LogP contribution in [0.1, 0.15) is 18.4 Å². The summed E-state index contributed by atoms with van der Waals surface area (Å²) in [5.41, 5.74) is 0.984. The predicted molar refractivity (Wildman–Crippen MR) is 77.4 cm³/mol. The first-order valence-electron chi connectivity index (χ1n) is 6.23. The van der Waals surface area contributed by atoms with Gasteiger partial charge in [0.2, 0.25) is 0 Å². The minimum atomic E-state index is -3.43. The van der Waals surface area contributed by atoms with Crippen molar-refractivity contribution in [3.63, 3.8) is 0 Å². The lowest BCUT2D eigenvalue weighted by molar-refractivity contribution is 0.431. The molecule has 4 nitrogen and oxygen atoms in total. The number of rotatable bonds is 7. The molecule has 1 aromatic heterocycles. The molecule has 1 fully saturated rings. The third kappa shape index (κ3) is 3.57. The summed E-state index contributed by atoms with van der Waals surface area (Å²) in [6, 6.07) is 1.73. The van der Waals surface area contributed by atoms with E-state index >= 15 is 0 Å². The number of nitrogens with one attached hydrogen (secondary N) is 1. The minimum Gasteiger partial charge on any atom is -0.316 e. The van der Waals surface area contributed by atoms with Gasteiger partial charge in [-0.15, -0.1) is 17.8 Å². The molecule has 0 saturated heterocycles. The Labute approximate surface area is 118 Å². The molecule has 1 aliphatic rings. The van der Waals surface area contributed by atoms with Crippen molar-refractivity contribution in [2.24, 2.45) is 5.92 Å². The third-order valence-electron chi connectivity index (χ3n) is 3.03. The molecule has 0 bridgehead atoms. The predicted octanol–water partition coefficient (Wildman–Crippen LogP) is 1.50. The average Bonchev–Trinajstić information content (AvgIpc) is 3.05. The van der Waals surface area contributed by atoms with Crippen molar-refractivity contribution < 1.29 is 8.42 Å². The van der Waals surface area contributed by atoms with Gasteiger partial charge in [-0.1, -0.05) is 5.92 Å². The maximum Gasteiger partial charge on any atom is 0.253 e. The second-order valence-corrected chi connectivity index (χ2v) is 7.83. The highest BCUT2D eigenvalue weighted by atomic mass is 32.2. The van der Waals surface area contributed by atoms with E-state index in [1.807, 2.05) is 12.4 Å². The Morgan fingerprint density at radius 2 is 2.32 bits per heavy atom. The Bertz CT molecular complexity index is 568. The Hall–Kier alpha value is -0.870. The molecule has 19 heavy (non-hydrogen) atoms. The van der Waals surface area contributed by atoms with Gasteiger partial charge >= 0.3 is 0 Å². The van der Waals surface area contributed by atoms with E-state index in [0.29, 0.717) is 23.2 Å². The zero-order chi connectivity index (χ0) is 13.9. The first-order chi connectivity index (χ1) is 9.07. The number of thiophene rings is 1. The van der Waals surface area contributed by atoms with Crippen LogP contribution in [-0.4, -0.2) is 32.9 Å². The van der Waals surface area contributed by atoms with Crippen LogP contribution in [0.25, 0.3) is 0 Å². The van der Waals surface area contributed by atoms with E-state index in [4.69, 9.17) is 6.42 Å². The van der Waals surface area contributed by atoms with E-state index in [1.54, 1.807) is 6.07 Å². The SMILES string of the molecule is C#CCN(CC1CC1)S(=O)(=O)c1cc(CNC)cs1. The highest BCUT2D eigenvalue weighted by Gasteiger charge is 2.32. The maximum absolute atomic E-state index is 12.5. The van der Waals surface area contributed by atoms with Crippen LogP contribution in [0.15, 0.2) is 15.7 Å². The van der Waals surface area contributed by atoms with E-state index in [-0.39, 0.29) is 6.54 Å². The molecule has 0 atom stereocenters. The molecule has 0 aromatic carbocycles. The van der Waals surface area contributed by atoms with Crippen LogP contribution < -0.4 is 5.32 Å². The fourth-order valence-corrected chi connectivity index (χ4v) is 4.64. The molecule has 104 valence electrons. The summed E-state index contributed by atoms with van der Waals surface area (Å²) >= 11 is 1.26. The molecule has 0 radical (unpaired) electrons. The Kier molecular flexibility index (Phi) is 4.63. The van der Waals surface area contributed by atoms with Gasteiger partial charge in [-0.2, -0.15) is 4.31 Å². The average molecular weight is 298 g/mol. The van der Waals surface area contributed by atoms with Crippen molar-refractivity contribution in [2.75, 3.05) is 20.1 Å². The minimum absolute atomic E-state index is 0.151. The first-order valence-corrected chi connectivity index (χ1v) is 8.55. The van der Waals surface area contributed by atoms with Gasteiger partial charge in [-0.3, -0.25) is 0 Å². The van der Waals surface area contributed by atoms with Crippen LogP contribution in [-0.2, 0) is 16.6 Å². The summed E-state index contributed by atoms with van der Waals surface area (Å²) in [5.74, 6) is 2.93. The topological polar surface area (TPSA) is 49.4 Å². The zero-order valence-electron chi connectivity index (χ0n) is 10.9. The number of nitrogens with zero attached hydrogens (tertiary/aromatic N) is 1. The standard InChI is InChI=1S/C13H18N2O2S2/c1-3-6-15(9-11-4-5-11)19(16,17)13-7-12(8-14-2)10-18-13/h1,7,10-11,14H,4-6,8-9H2,2H3. The number of terminal acetylenes is 1. The lowest BCUT2D eigenvalue weighted by Gasteiger charge is -2.18. The molecule has 1 aromatic rings. The molecule has 1 saturated carbocycles. The summed E-state index contributed by atoms with van der Waals surface area (Å²) in [6.07, 6.45) is 7.50. The monoisotopic (exact) mass is 298 g/mol. The second-order valence-electron chi connectivity index (χ2n) is 4.75. The zero-order valence-corrected chi connectivity index (χ0v) is 12.6. The van der Waals surface area contributed by atoms with Gasteiger partial charge in [0, 0.05) is 13.1 Å². The molecule has 0 spiro atoms. The number of hydrogen-bond acceptors (Lipinski definition) is 4. The van der Waals surface area contributed by atoms with Crippen LogP contribution in [0.3, 0.4) is 0 Å². The molecule has 0 aliphatic heterocycles. The lowest BCUT2D eigenvalue weighted by Crippen LogP contribution is -2.32. The molecular formula is C13H18N2O2S2. The summed E-state index contributed by atoms with van der Waals surface area (Å²) < 4.78 is 26.9. The van der Waals surface area contributed by atoms with Gasteiger partial charge in [0.25, 0.3) is 10.0 Å². The van der Waals surface area contributed by atoms with Crippen LogP contribution in [0.4, 0.5) is 0 Å². The largest absolute Gasteiger partial charge is 0.316 e. The number of hydrogen-bond donors (Lipinski definition) is 1. The van der Waals surface area contributed by atoms with Gasteiger partial charge in [-0.05, 0) is 42.8 Å². The summed E-state index contributed by atoms with van der Waals surface area (Å²) in [7, 11) is -1.60. The van der Waals surface area contributed by atoms with Crippen LogP contribution in [0.2, 0.25) is 0 Å². The van der Waals surface area contributed by atoms with Crippen LogP contribution >= 0.6 is 11.3 Å². The van der Waals surface area contributed by atoms with Gasteiger partial charge in [0.1, 0.15) is 4.21 Å². The molecule has 1 N–H and O–H groups in total. The quantitative estimate of drug-likeness (QED) is 0.776. The van der Waals surface area contributed by atoms with Crippen LogP contribution in [0, 0.1) is 18.3 Å². The van der Waals surface area contributed by atoms with Crippen molar-refractivity contribution >= 4 is 21.4 Å². The molecule has 0 unspecified atom stereocenters. The molecule has 1 heterocycles. The first kappa shape index (κ1) is 14.5. The maximum atomic E-state index is 12.5. The van der Waals surface area contributed by atoms with E-state index in [0.717, 1.165) is 18.4 Å². The molecule has 1 aliphatic carbocycles. The van der Waals surface area contributed by atoms with Gasteiger partial charge in [0.15, 0.2) is 0 Å². The Balaban J connectivity index is 2.19. The number of sulfonamides is 1. The van der Waals surface area contributed by atoms with Crippen LogP contribution in [0.5, 0.6) is 0 Å². The molecule has 6 heteroatoms. The van der Waals surface area contributed by atoms with E-state index in [1.165, 1.54) is 15.6 Å². The van der Waals surface area contributed by atoms with Gasteiger partial charge in [0.05, 0.1) is 6.54 Å². The van der Waals surface area contributed by atoms with E-state index in [9.17, 15) is 8.42 Å². The Morgan fingerprint density at radius 1 is 1.58 bits per heavy atom. The van der Waals surface area contributed by atoms with Crippen molar-refractivity contribution in [3.05, 3.63) is 17.0 Å². The Morgan fingerprint density at radius 3 is 2.89 bits per heavy atom. The van der Waals surface area contributed by atoms with Crippen molar-refractivity contribution in [2.45, 2.75) is 23.6 Å². The highest BCUT2D eigenvalue weighted by molar-refractivity contribution is 7.91. The molecule has 2 rings (SSSR count). The van der Waals surface area contributed by atoms with E-state index < -0.39 is 10.0 Å². The van der Waals surface area contributed by atoms with Crippen molar-refractivity contribution in [3.8, 4) is 12.3 Å². The van der Waals surface area contributed by atoms with E-state index in [2.05, 4.69) is 11.2 Å². The van der Waals surface area contributed by atoms with Crippen molar-refractivity contribution in [1.29, 1.82) is 0 Å². The van der Waals surface area contributed by atoms with Crippen molar-refractivity contribution in [1.82, 2.24) is 9.62 Å². The smallest absolute Gasteiger partial charge is 0.253 e. The highest BCUT2D eigenvalue weighted by Crippen LogP contribution is 2.32. The third-order valence-corrected chi connectivity index (χ3v) is 6.31. The van der Waals surface area contributed by atoms with Gasteiger partial charge < -0.3 is 5.32 Å². The molecular weight excluding hydrogens is 280 g/mol. The lowest BCUT2D eigenvalue weighted by atomic mass is 10.3. The second kappa shape index (κ2) is 6.06. The summed E-state index contributed by atoms with van der Waals surface area (Å²) in [6.45, 7) is 1.37. The normalized spacial score (nSPS) is 15.6. The molecule has 0 amide bonds. The van der Waals surface area contributed by atoms with Gasteiger partial charge in [-0.25, -0.2) is 8.42 Å².